The Hall–Kier alpha value is -0.790. The first kappa shape index (κ1) is 13.3. The van der Waals surface area contributed by atoms with E-state index in [9.17, 15) is 0 Å². The Morgan fingerprint density at radius 1 is 1.31 bits per heavy atom. The molecule has 0 aliphatic rings. The largest absolute Gasteiger partial charge is 0.385 e. The van der Waals surface area contributed by atoms with Gasteiger partial charge in [0.25, 0.3) is 0 Å². The van der Waals surface area contributed by atoms with Gasteiger partial charge in [-0.2, -0.15) is 0 Å². The van der Waals surface area contributed by atoms with Crippen LogP contribution in [0, 0.1) is 0 Å². The molecule has 0 aliphatic carbocycles. The lowest BCUT2D eigenvalue weighted by Gasteiger charge is -2.03. The predicted molar refractivity (Wildman–Crippen MR) is 63.5 cm³/mol. The fourth-order valence-corrected chi connectivity index (χ4v) is 1.82. The zero-order valence-corrected chi connectivity index (χ0v) is 10.5. The van der Waals surface area contributed by atoms with Crippen LogP contribution in [-0.2, 0) is 16.5 Å². The van der Waals surface area contributed by atoms with E-state index < -0.39 is 0 Å². The van der Waals surface area contributed by atoms with Crippen molar-refractivity contribution < 1.29 is 9.47 Å². The van der Waals surface area contributed by atoms with E-state index in [0.717, 1.165) is 30.5 Å². The van der Waals surface area contributed by atoms with Gasteiger partial charge in [-0.25, -0.2) is 0 Å². The number of nitrogens with zero attached hydrogens (tertiary/aromatic N) is 3. The Labute approximate surface area is 99.5 Å². The summed E-state index contributed by atoms with van der Waals surface area (Å²) in [6.07, 6.45) is 0.929. The van der Waals surface area contributed by atoms with Gasteiger partial charge in [0.2, 0.25) is 5.95 Å². The van der Waals surface area contributed by atoms with Crippen LogP contribution in [0.1, 0.15) is 6.42 Å². The van der Waals surface area contributed by atoms with Crippen molar-refractivity contribution in [1.82, 2.24) is 14.8 Å². The lowest BCUT2D eigenvalue weighted by atomic mass is 10.5. The normalized spacial score (nSPS) is 10.9. The maximum absolute atomic E-state index is 5.56. The Morgan fingerprint density at radius 2 is 2.12 bits per heavy atom. The molecule has 92 valence electrons. The van der Waals surface area contributed by atoms with Crippen LogP contribution in [0.2, 0.25) is 0 Å². The van der Waals surface area contributed by atoms with Crippen molar-refractivity contribution in [3.63, 3.8) is 0 Å². The molecule has 0 saturated carbocycles. The number of hydrogen-bond donors (Lipinski definition) is 1. The molecule has 0 radical (unpaired) electrons. The second-order valence-corrected chi connectivity index (χ2v) is 4.27. The molecule has 0 unspecified atom stereocenters. The SMILES string of the molecule is COCCCOCCSc1nnc(N)n1C. The maximum atomic E-state index is 5.56. The summed E-state index contributed by atoms with van der Waals surface area (Å²) < 4.78 is 12.1. The molecule has 0 amide bonds. The summed E-state index contributed by atoms with van der Waals surface area (Å²) in [5, 5.41) is 8.52. The van der Waals surface area contributed by atoms with E-state index in [1.54, 1.807) is 23.4 Å². The van der Waals surface area contributed by atoms with Crippen molar-refractivity contribution in [2.45, 2.75) is 11.6 Å². The van der Waals surface area contributed by atoms with Gasteiger partial charge in [-0.05, 0) is 6.42 Å². The molecule has 1 heterocycles. The highest BCUT2D eigenvalue weighted by Crippen LogP contribution is 2.15. The highest BCUT2D eigenvalue weighted by atomic mass is 32.2. The number of rotatable bonds is 8. The molecule has 0 bridgehead atoms. The summed E-state index contributed by atoms with van der Waals surface area (Å²) in [6, 6.07) is 0. The molecule has 16 heavy (non-hydrogen) atoms. The molecule has 1 rings (SSSR count). The van der Waals surface area contributed by atoms with E-state index in [2.05, 4.69) is 10.2 Å². The lowest BCUT2D eigenvalue weighted by Crippen LogP contribution is -2.03. The van der Waals surface area contributed by atoms with E-state index in [1.165, 1.54) is 0 Å². The first-order chi connectivity index (χ1) is 7.75. The summed E-state index contributed by atoms with van der Waals surface area (Å²) in [6.45, 7) is 2.17. The standard InChI is InChI=1S/C9H18N4O2S/c1-13-8(10)11-12-9(13)16-7-6-15-5-3-4-14-2/h3-7H2,1-2H3,(H2,10,11). The van der Waals surface area contributed by atoms with Gasteiger partial charge in [0.15, 0.2) is 5.16 Å². The van der Waals surface area contributed by atoms with Crippen LogP contribution in [0.3, 0.4) is 0 Å². The molecular weight excluding hydrogens is 228 g/mol. The zero-order valence-electron chi connectivity index (χ0n) is 9.68. The summed E-state index contributed by atoms with van der Waals surface area (Å²) >= 11 is 1.58. The summed E-state index contributed by atoms with van der Waals surface area (Å²) in [7, 11) is 3.53. The Bertz CT molecular complexity index is 306. The van der Waals surface area contributed by atoms with Crippen LogP contribution >= 0.6 is 11.8 Å². The summed E-state index contributed by atoms with van der Waals surface area (Å²) in [4.78, 5) is 0. The van der Waals surface area contributed by atoms with Gasteiger partial charge in [-0.3, -0.25) is 4.57 Å². The van der Waals surface area contributed by atoms with Crippen molar-refractivity contribution in [1.29, 1.82) is 0 Å². The number of ether oxygens (including phenoxy) is 2. The highest BCUT2D eigenvalue weighted by Gasteiger charge is 2.04. The van der Waals surface area contributed by atoms with Gasteiger partial charge < -0.3 is 15.2 Å². The van der Waals surface area contributed by atoms with Crippen LogP contribution in [0.15, 0.2) is 5.16 Å². The average molecular weight is 246 g/mol. The van der Waals surface area contributed by atoms with Crippen LogP contribution in [0.25, 0.3) is 0 Å². The van der Waals surface area contributed by atoms with E-state index in [1.807, 2.05) is 7.05 Å². The predicted octanol–water partition coefficient (Wildman–Crippen LogP) is 0.542. The molecule has 0 saturated heterocycles. The lowest BCUT2D eigenvalue weighted by molar-refractivity contribution is 0.113. The number of thioether (sulfide) groups is 1. The molecule has 0 atom stereocenters. The molecule has 0 aliphatic heterocycles. The van der Waals surface area contributed by atoms with Crippen LogP contribution < -0.4 is 5.73 Å². The molecule has 1 aromatic rings. The van der Waals surface area contributed by atoms with Gasteiger partial charge >= 0.3 is 0 Å². The van der Waals surface area contributed by atoms with Crippen molar-refractivity contribution in [2.75, 3.05) is 38.4 Å². The highest BCUT2D eigenvalue weighted by molar-refractivity contribution is 7.99. The van der Waals surface area contributed by atoms with Crippen molar-refractivity contribution in [3.05, 3.63) is 0 Å². The molecule has 1 aromatic heterocycles. The van der Waals surface area contributed by atoms with Gasteiger partial charge in [0, 0.05) is 33.1 Å². The zero-order chi connectivity index (χ0) is 11.8. The average Bonchev–Trinajstić information content (AvgIpc) is 2.59. The summed E-state index contributed by atoms with van der Waals surface area (Å²) in [5.41, 5.74) is 5.56. The van der Waals surface area contributed by atoms with Gasteiger partial charge in [-0.15, -0.1) is 10.2 Å². The molecular formula is C9H18N4O2S. The van der Waals surface area contributed by atoms with Crippen molar-refractivity contribution >= 4 is 17.7 Å². The second kappa shape index (κ2) is 7.48. The van der Waals surface area contributed by atoms with Gasteiger partial charge in [0.1, 0.15) is 0 Å². The topological polar surface area (TPSA) is 75.2 Å². The number of nitrogens with two attached hydrogens (primary N) is 1. The molecule has 7 heteroatoms. The Balaban J connectivity index is 2.05. The quantitative estimate of drug-likeness (QED) is 0.533. The van der Waals surface area contributed by atoms with Gasteiger partial charge in [0.05, 0.1) is 6.61 Å². The molecule has 0 fully saturated rings. The van der Waals surface area contributed by atoms with Crippen LogP contribution in [0.5, 0.6) is 0 Å². The monoisotopic (exact) mass is 246 g/mol. The Morgan fingerprint density at radius 3 is 2.75 bits per heavy atom. The maximum Gasteiger partial charge on any atom is 0.222 e. The third kappa shape index (κ3) is 4.38. The third-order valence-corrected chi connectivity index (χ3v) is 2.95. The summed E-state index contributed by atoms with van der Waals surface area (Å²) in [5.74, 6) is 1.28. The van der Waals surface area contributed by atoms with E-state index >= 15 is 0 Å². The molecule has 6 nitrogen and oxygen atoms in total. The van der Waals surface area contributed by atoms with Crippen molar-refractivity contribution in [3.8, 4) is 0 Å². The van der Waals surface area contributed by atoms with E-state index in [0.29, 0.717) is 12.6 Å². The number of nitrogen functional groups attached to an aromatic ring is 1. The molecule has 2 N–H and O–H groups in total. The second-order valence-electron chi connectivity index (χ2n) is 3.21. The van der Waals surface area contributed by atoms with E-state index in [4.69, 9.17) is 15.2 Å². The fraction of sp³-hybridized carbons (Fsp3) is 0.778. The number of methoxy groups -OCH3 is 1. The van der Waals surface area contributed by atoms with Gasteiger partial charge in [-0.1, -0.05) is 11.8 Å². The number of anilines is 1. The first-order valence-electron chi connectivity index (χ1n) is 5.10. The third-order valence-electron chi connectivity index (χ3n) is 1.96. The minimum Gasteiger partial charge on any atom is -0.385 e. The fourth-order valence-electron chi connectivity index (χ4n) is 1.05. The minimum atomic E-state index is 0.434. The smallest absolute Gasteiger partial charge is 0.222 e. The molecule has 0 spiro atoms. The number of aromatic nitrogens is 3. The van der Waals surface area contributed by atoms with Crippen LogP contribution in [0.4, 0.5) is 5.95 Å². The molecule has 0 aromatic carbocycles. The minimum absolute atomic E-state index is 0.434. The Kier molecular flexibility index (Phi) is 6.20. The van der Waals surface area contributed by atoms with Crippen molar-refractivity contribution in [2.24, 2.45) is 7.05 Å². The van der Waals surface area contributed by atoms with Crippen LogP contribution in [-0.4, -0.2) is 47.4 Å². The van der Waals surface area contributed by atoms with E-state index in [-0.39, 0.29) is 0 Å². The first-order valence-corrected chi connectivity index (χ1v) is 6.08. The number of hydrogen-bond acceptors (Lipinski definition) is 6.